The van der Waals surface area contributed by atoms with E-state index in [4.69, 9.17) is 4.74 Å². The number of rotatable bonds is 5. The molecule has 158 valence electrons. The zero-order chi connectivity index (χ0) is 21.4. The molecule has 0 spiro atoms. The molecule has 1 saturated heterocycles. The molecule has 5 rings (SSSR count). The van der Waals surface area contributed by atoms with Gasteiger partial charge < -0.3 is 4.74 Å². The molecule has 4 heterocycles. The summed E-state index contributed by atoms with van der Waals surface area (Å²) < 4.78 is 6.92. The van der Waals surface area contributed by atoms with Gasteiger partial charge in [-0.05, 0) is 25.3 Å². The maximum absolute atomic E-state index is 13.1. The zero-order valence-electron chi connectivity index (χ0n) is 16.7. The topological polar surface area (TPSA) is 99.0 Å². The molecule has 31 heavy (non-hydrogen) atoms. The number of hydrogen-bond donors (Lipinski definition) is 1. The average Bonchev–Trinajstić information content (AvgIpc) is 3.51. The van der Waals surface area contributed by atoms with Gasteiger partial charge >= 0.3 is 0 Å². The SMILES string of the molecule is Cc1ccc(-c2csc3ncn(CC(=O)Nc4nnc(C5CCCO5)s4)c(=O)c23)cc1. The van der Waals surface area contributed by atoms with Crippen molar-refractivity contribution in [3.63, 3.8) is 0 Å². The Balaban J connectivity index is 1.37. The largest absolute Gasteiger partial charge is 0.371 e. The number of carbonyl (C=O) groups is 1. The Morgan fingerprint density at radius 1 is 1.29 bits per heavy atom. The maximum Gasteiger partial charge on any atom is 0.263 e. The van der Waals surface area contributed by atoms with Gasteiger partial charge in [-0.2, -0.15) is 0 Å². The van der Waals surface area contributed by atoms with Crippen molar-refractivity contribution in [2.75, 3.05) is 11.9 Å². The van der Waals surface area contributed by atoms with Crippen molar-refractivity contribution in [2.24, 2.45) is 0 Å². The Bertz CT molecular complexity index is 1300. The van der Waals surface area contributed by atoms with E-state index in [9.17, 15) is 9.59 Å². The lowest BCUT2D eigenvalue weighted by Gasteiger charge is -2.06. The van der Waals surface area contributed by atoms with Crippen molar-refractivity contribution in [1.29, 1.82) is 0 Å². The van der Waals surface area contributed by atoms with Crippen LogP contribution in [-0.2, 0) is 16.1 Å². The molecule has 1 amide bonds. The highest BCUT2D eigenvalue weighted by Gasteiger charge is 2.22. The minimum Gasteiger partial charge on any atom is -0.371 e. The second-order valence-corrected chi connectivity index (χ2v) is 9.24. The van der Waals surface area contributed by atoms with Crippen molar-refractivity contribution in [3.8, 4) is 11.1 Å². The fourth-order valence-corrected chi connectivity index (χ4v) is 5.28. The molecule has 8 nitrogen and oxygen atoms in total. The molecule has 0 radical (unpaired) electrons. The number of ether oxygens (including phenoxy) is 1. The van der Waals surface area contributed by atoms with Crippen LogP contribution in [0.5, 0.6) is 0 Å². The van der Waals surface area contributed by atoms with Crippen molar-refractivity contribution in [3.05, 3.63) is 56.9 Å². The minimum atomic E-state index is -0.356. The van der Waals surface area contributed by atoms with Gasteiger partial charge in [0, 0.05) is 17.6 Å². The standard InChI is InChI=1S/C21H19N5O3S2/c1-12-4-6-13(7-5-12)14-10-30-19-17(14)20(28)26(11-22-19)9-16(27)23-21-25-24-18(31-21)15-3-2-8-29-15/h4-7,10-11,15H,2-3,8-9H2,1H3,(H,23,25,27). The van der Waals surface area contributed by atoms with E-state index in [-0.39, 0.29) is 24.1 Å². The summed E-state index contributed by atoms with van der Waals surface area (Å²) in [5.41, 5.74) is 2.69. The lowest BCUT2D eigenvalue weighted by molar-refractivity contribution is -0.116. The number of hydrogen-bond acceptors (Lipinski definition) is 8. The highest BCUT2D eigenvalue weighted by Crippen LogP contribution is 2.32. The lowest BCUT2D eigenvalue weighted by Crippen LogP contribution is -2.27. The van der Waals surface area contributed by atoms with Crippen LogP contribution in [0.15, 0.2) is 40.8 Å². The first kappa shape index (κ1) is 20.0. The molecule has 1 fully saturated rings. The molecule has 3 aromatic heterocycles. The molecule has 1 aromatic carbocycles. The smallest absolute Gasteiger partial charge is 0.263 e. The molecule has 10 heteroatoms. The van der Waals surface area contributed by atoms with Crippen LogP contribution in [0.4, 0.5) is 5.13 Å². The number of benzene rings is 1. The monoisotopic (exact) mass is 453 g/mol. The number of carbonyl (C=O) groups excluding carboxylic acids is 1. The number of nitrogens with one attached hydrogen (secondary N) is 1. The fourth-order valence-electron chi connectivity index (χ4n) is 3.53. The maximum atomic E-state index is 13.1. The van der Waals surface area contributed by atoms with Crippen LogP contribution in [0, 0.1) is 6.92 Å². The first-order valence-corrected chi connectivity index (χ1v) is 11.6. The van der Waals surface area contributed by atoms with Gasteiger partial charge in [-0.3, -0.25) is 19.5 Å². The zero-order valence-corrected chi connectivity index (χ0v) is 18.3. The van der Waals surface area contributed by atoms with E-state index in [0.717, 1.165) is 41.1 Å². The highest BCUT2D eigenvalue weighted by molar-refractivity contribution is 7.17. The van der Waals surface area contributed by atoms with Crippen LogP contribution < -0.4 is 10.9 Å². The number of aryl methyl sites for hydroxylation is 1. The Morgan fingerprint density at radius 3 is 2.90 bits per heavy atom. The lowest BCUT2D eigenvalue weighted by atomic mass is 10.1. The van der Waals surface area contributed by atoms with Gasteiger partial charge in [0.05, 0.1) is 11.7 Å². The molecule has 1 atom stereocenters. The molecule has 1 unspecified atom stereocenters. The van der Waals surface area contributed by atoms with Crippen LogP contribution in [-0.4, -0.2) is 32.3 Å². The summed E-state index contributed by atoms with van der Waals surface area (Å²) in [6.07, 6.45) is 3.28. The summed E-state index contributed by atoms with van der Waals surface area (Å²) in [5, 5.41) is 14.5. The average molecular weight is 454 g/mol. The van der Waals surface area contributed by atoms with E-state index in [1.165, 1.54) is 33.6 Å². The van der Waals surface area contributed by atoms with Crippen molar-refractivity contribution in [1.82, 2.24) is 19.7 Å². The van der Waals surface area contributed by atoms with Gasteiger partial charge in [-0.1, -0.05) is 41.2 Å². The van der Waals surface area contributed by atoms with E-state index < -0.39 is 0 Å². The van der Waals surface area contributed by atoms with E-state index in [0.29, 0.717) is 15.3 Å². The van der Waals surface area contributed by atoms with Crippen LogP contribution in [0.3, 0.4) is 0 Å². The molecule has 0 saturated carbocycles. The van der Waals surface area contributed by atoms with Crippen LogP contribution in [0.1, 0.15) is 29.5 Å². The Labute approximate surface area is 185 Å². The summed E-state index contributed by atoms with van der Waals surface area (Å²) in [5.74, 6) is -0.356. The molecular formula is C21H19N5O3S2. The predicted molar refractivity (Wildman–Crippen MR) is 121 cm³/mol. The van der Waals surface area contributed by atoms with Gasteiger partial charge in [0.15, 0.2) is 0 Å². The molecule has 1 N–H and O–H groups in total. The van der Waals surface area contributed by atoms with Crippen LogP contribution in [0.2, 0.25) is 0 Å². The quantitative estimate of drug-likeness (QED) is 0.494. The number of anilines is 1. The van der Waals surface area contributed by atoms with E-state index in [1.54, 1.807) is 0 Å². The highest BCUT2D eigenvalue weighted by atomic mass is 32.1. The van der Waals surface area contributed by atoms with Gasteiger partial charge in [0.1, 0.15) is 22.5 Å². The first-order chi connectivity index (χ1) is 15.1. The summed E-state index contributed by atoms with van der Waals surface area (Å²) in [7, 11) is 0. The summed E-state index contributed by atoms with van der Waals surface area (Å²) in [4.78, 5) is 30.7. The van der Waals surface area contributed by atoms with E-state index in [1.807, 2.05) is 36.6 Å². The van der Waals surface area contributed by atoms with Gasteiger partial charge in [0.25, 0.3) is 5.56 Å². The molecule has 0 bridgehead atoms. The summed E-state index contributed by atoms with van der Waals surface area (Å²) >= 11 is 2.72. The second kappa shape index (κ2) is 8.29. The molecule has 1 aliphatic rings. The Morgan fingerprint density at radius 2 is 2.13 bits per heavy atom. The Hall–Kier alpha value is -2.95. The predicted octanol–water partition coefficient (Wildman–Crippen LogP) is 3.78. The normalized spacial score (nSPS) is 16.1. The van der Waals surface area contributed by atoms with Crippen LogP contribution in [0.25, 0.3) is 21.3 Å². The molecule has 1 aliphatic heterocycles. The number of thiophene rings is 1. The van der Waals surface area contributed by atoms with Crippen molar-refractivity contribution < 1.29 is 9.53 Å². The van der Waals surface area contributed by atoms with Crippen molar-refractivity contribution in [2.45, 2.75) is 32.4 Å². The first-order valence-electron chi connectivity index (χ1n) is 9.87. The number of fused-ring (bicyclic) bond motifs is 1. The summed E-state index contributed by atoms with van der Waals surface area (Å²) in [6.45, 7) is 2.58. The van der Waals surface area contributed by atoms with Crippen molar-refractivity contribution >= 4 is 43.9 Å². The summed E-state index contributed by atoms with van der Waals surface area (Å²) in [6, 6.07) is 7.99. The van der Waals surface area contributed by atoms with Crippen LogP contribution >= 0.6 is 22.7 Å². The Kier molecular flexibility index (Phi) is 5.34. The van der Waals surface area contributed by atoms with E-state index >= 15 is 0 Å². The fraction of sp³-hybridized carbons (Fsp3) is 0.286. The third-order valence-corrected chi connectivity index (χ3v) is 6.95. The number of amides is 1. The van der Waals surface area contributed by atoms with Gasteiger partial charge in [-0.15, -0.1) is 21.5 Å². The minimum absolute atomic E-state index is 0.0452. The number of nitrogens with zero attached hydrogens (tertiary/aromatic N) is 4. The molecule has 4 aromatic rings. The second-order valence-electron chi connectivity index (χ2n) is 7.37. The molecule has 0 aliphatic carbocycles. The number of aromatic nitrogens is 4. The van der Waals surface area contributed by atoms with E-state index in [2.05, 4.69) is 20.5 Å². The van der Waals surface area contributed by atoms with Gasteiger partial charge in [-0.25, -0.2) is 4.98 Å². The third-order valence-electron chi connectivity index (χ3n) is 5.13. The van der Waals surface area contributed by atoms with Gasteiger partial charge in [0.2, 0.25) is 11.0 Å². The third kappa shape index (κ3) is 4.01. The molecular weight excluding hydrogens is 434 g/mol.